The van der Waals surface area contributed by atoms with Crippen LogP contribution in [0.2, 0.25) is 0 Å². The van der Waals surface area contributed by atoms with Crippen molar-refractivity contribution < 1.29 is 4.79 Å². The Morgan fingerprint density at radius 3 is 2.73 bits per heavy atom. The number of hydrogen-bond donors (Lipinski definition) is 1. The zero-order valence-corrected chi connectivity index (χ0v) is 9.99. The van der Waals surface area contributed by atoms with Crippen molar-refractivity contribution in [2.24, 2.45) is 11.7 Å². The largest absolute Gasteiger partial charge is 0.335 e. The van der Waals surface area contributed by atoms with Crippen molar-refractivity contribution in [3.05, 3.63) is 11.6 Å². The molecule has 2 atom stereocenters. The van der Waals surface area contributed by atoms with Crippen molar-refractivity contribution in [1.29, 1.82) is 0 Å². The lowest BCUT2D eigenvalue weighted by atomic mass is 9.92. The summed E-state index contributed by atoms with van der Waals surface area (Å²) in [6.45, 7) is 7.55. The molecule has 1 saturated heterocycles. The van der Waals surface area contributed by atoms with Gasteiger partial charge in [-0.25, -0.2) is 0 Å². The second-order valence-electron chi connectivity index (χ2n) is 4.77. The Labute approximate surface area is 92.3 Å². The number of nitrogens with zero attached hydrogens (tertiary/aromatic N) is 1. The fourth-order valence-electron chi connectivity index (χ4n) is 2.10. The molecule has 15 heavy (non-hydrogen) atoms. The Kier molecular flexibility index (Phi) is 4.33. The summed E-state index contributed by atoms with van der Waals surface area (Å²) in [6.07, 6.45) is 3.84. The third-order valence-electron chi connectivity index (χ3n) is 2.95. The first kappa shape index (κ1) is 12.2. The van der Waals surface area contributed by atoms with Crippen LogP contribution in [0.5, 0.6) is 0 Å². The summed E-state index contributed by atoms with van der Waals surface area (Å²) in [5.41, 5.74) is 6.76. The van der Waals surface area contributed by atoms with Gasteiger partial charge in [0.25, 0.3) is 0 Å². The molecule has 1 aliphatic heterocycles. The van der Waals surface area contributed by atoms with E-state index in [0.717, 1.165) is 25.0 Å². The number of allylic oxidation sites excluding steroid dienone is 1. The SMILES string of the molecule is CC(C)=CC(=O)N1CCC(C)CC1CN. The Bertz CT molecular complexity index is 256. The predicted molar refractivity (Wildman–Crippen MR) is 62.4 cm³/mol. The third kappa shape index (κ3) is 3.34. The number of amides is 1. The minimum Gasteiger partial charge on any atom is -0.335 e. The molecule has 0 bridgehead atoms. The molecule has 3 heteroatoms. The van der Waals surface area contributed by atoms with Crippen LogP contribution in [0.1, 0.15) is 33.6 Å². The van der Waals surface area contributed by atoms with Gasteiger partial charge in [0.1, 0.15) is 0 Å². The van der Waals surface area contributed by atoms with Gasteiger partial charge < -0.3 is 10.6 Å². The Morgan fingerprint density at radius 2 is 2.20 bits per heavy atom. The number of hydrogen-bond acceptors (Lipinski definition) is 2. The van der Waals surface area contributed by atoms with Crippen molar-refractivity contribution in [3.63, 3.8) is 0 Å². The van der Waals surface area contributed by atoms with Gasteiger partial charge in [0.05, 0.1) is 0 Å². The molecule has 86 valence electrons. The zero-order chi connectivity index (χ0) is 11.4. The van der Waals surface area contributed by atoms with E-state index in [9.17, 15) is 4.79 Å². The van der Waals surface area contributed by atoms with Crippen LogP contribution in [0.3, 0.4) is 0 Å². The van der Waals surface area contributed by atoms with Gasteiger partial charge in [0.2, 0.25) is 5.91 Å². The van der Waals surface area contributed by atoms with E-state index in [-0.39, 0.29) is 11.9 Å². The van der Waals surface area contributed by atoms with Crippen molar-refractivity contribution in [3.8, 4) is 0 Å². The molecule has 0 aromatic carbocycles. The van der Waals surface area contributed by atoms with Crippen molar-refractivity contribution in [2.75, 3.05) is 13.1 Å². The first-order valence-corrected chi connectivity index (χ1v) is 5.70. The van der Waals surface area contributed by atoms with Crippen LogP contribution < -0.4 is 5.73 Å². The highest BCUT2D eigenvalue weighted by atomic mass is 16.2. The van der Waals surface area contributed by atoms with Crippen LogP contribution in [-0.4, -0.2) is 29.9 Å². The molecule has 2 unspecified atom stereocenters. The molecule has 1 rings (SSSR count). The lowest BCUT2D eigenvalue weighted by molar-refractivity contribution is -0.130. The number of piperidine rings is 1. The molecule has 0 aromatic rings. The van der Waals surface area contributed by atoms with Gasteiger partial charge in [0, 0.05) is 25.2 Å². The highest BCUT2D eigenvalue weighted by Gasteiger charge is 2.27. The van der Waals surface area contributed by atoms with Gasteiger partial charge in [-0.05, 0) is 32.6 Å². The minimum atomic E-state index is 0.123. The molecular weight excluding hydrogens is 188 g/mol. The van der Waals surface area contributed by atoms with Crippen molar-refractivity contribution >= 4 is 5.91 Å². The summed E-state index contributed by atoms with van der Waals surface area (Å²) in [5, 5.41) is 0. The number of nitrogens with two attached hydrogens (primary N) is 1. The molecule has 3 nitrogen and oxygen atoms in total. The van der Waals surface area contributed by atoms with Crippen molar-refractivity contribution in [2.45, 2.75) is 39.7 Å². The van der Waals surface area contributed by atoms with Gasteiger partial charge in [-0.1, -0.05) is 12.5 Å². The van der Waals surface area contributed by atoms with Gasteiger partial charge in [-0.15, -0.1) is 0 Å². The van der Waals surface area contributed by atoms with Crippen molar-refractivity contribution in [1.82, 2.24) is 4.90 Å². The maximum atomic E-state index is 11.9. The fourth-order valence-corrected chi connectivity index (χ4v) is 2.10. The maximum Gasteiger partial charge on any atom is 0.246 e. The normalized spacial score (nSPS) is 26.3. The van der Waals surface area contributed by atoms with E-state index >= 15 is 0 Å². The van der Waals surface area contributed by atoms with E-state index in [1.807, 2.05) is 18.7 Å². The van der Waals surface area contributed by atoms with Gasteiger partial charge in [-0.3, -0.25) is 4.79 Å². The van der Waals surface area contributed by atoms with Crippen LogP contribution in [-0.2, 0) is 4.79 Å². The van der Waals surface area contributed by atoms with Gasteiger partial charge in [0.15, 0.2) is 0 Å². The van der Waals surface area contributed by atoms with E-state index in [0.29, 0.717) is 12.5 Å². The number of carbonyl (C=O) groups excluding carboxylic acids is 1. The molecule has 1 aliphatic rings. The molecular formula is C12H22N2O. The topological polar surface area (TPSA) is 46.3 Å². The Hall–Kier alpha value is -0.830. The molecule has 2 N–H and O–H groups in total. The molecule has 0 radical (unpaired) electrons. The lowest BCUT2D eigenvalue weighted by Crippen LogP contribution is -2.48. The molecule has 0 aliphatic carbocycles. The number of carbonyl (C=O) groups is 1. The fraction of sp³-hybridized carbons (Fsp3) is 0.750. The summed E-state index contributed by atoms with van der Waals surface area (Å²) in [5.74, 6) is 0.812. The lowest BCUT2D eigenvalue weighted by Gasteiger charge is -2.37. The summed E-state index contributed by atoms with van der Waals surface area (Å²) >= 11 is 0. The summed E-state index contributed by atoms with van der Waals surface area (Å²) in [6, 6.07) is 0.233. The number of rotatable bonds is 2. The highest BCUT2D eigenvalue weighted by Crippen LogP contribution is 2.22. The Balaban J connectivity index is 2.67. The molecule has 1 heterocycles. The van der Waals surface area contributed by atoms with Crippen LogP contribution >= 0.6 is 0 Å². The quantitative estimate of drug-likeness (QED) is 0.703. The third-order valence-corrected chi connectivity index (χ3v) is 2.95. The monoisotopic (exact) mass is 210 g/mol. The second kappa shape index (κ2) is 5.31. The van der Waals surface area contributed by atoms with E-state index in [2.05, 4.69) is 6.92 Å². The highest BCUT2D eigenvalue weighted by molar-refractivity contribution is 5.88. The summed E-state index contributed by atoms with van der Waals surface area (Å²) in [7, 11) is 0. The average molecular weight is 210 g/mol. The molecule has 0 aromatic heterocycles. The first-order valence-electron chi connectivity index (χ1n) is 5.70. The van der Waals surface area contributed by atoms with E-state index in [1.165, 1.54) is 0 Å². The zero-order valence-electron chi connectivity index (χ0n) is 9.99. The van der Waals surface area contributed by atoms with Crippen LogP contribution in [0.4, 0.5) is 0 Å². The predicted octanol–water partition coefficient (Wildman–Crippen LogP) is 1.54. The molecule has 1 fully saturated rings. The Morgan fingerprint density at radius 1 is 1.53 bits per heavy atom. The minimum absolute atomic E-state index is 0.123. The van der Waals surface area contributed by atoms with E-state index in [1.54, 1.807) is 6.08 Å². The van der Waals surface area contributed by atoms with Gasteiger partial charge >= 0.3 is 0 Å². The van der Waals surface area contributed by atoms with Crippen LogP contribution in [0, 0.1) is 5.92 Å². The smallest absolute Gasteiger partial charge is 0.246 e. The van der Waals surface area contributed by atoms with Crippen LogP contribution in [0.15, 0.2) is 11.6 Å². The number of likely N-dealkylation sites (tertiary alicyclic amines) is 1. The van der Waals surface area contributed by atoms with E-state index in [4.69, 9.17) is 5.73 Å². The van der Waals surface area contributed by atoms with E-state index < -0.39 is 0 Å². The maximum absolute atomic E-state index is 11.9. The van der Waals surface area contributed by atoms with Crippen LogP contribution in [0.25, 0.3) is 0 Å². The standard InChI is InChI=1S/C12H22N2O/c1-9(2)6-12(15)14-5-4-10(3)7-11(14)8-13/h6,10-11H,4-5,7-8,13H2,1-3H3. The average Bonchev–Trinajstić information content (AvgIpc) is 2.16. The molecule has 1 amide bonds. The molecule has 0 spiro atoms. The molecule has 0 saturated carbocycles. The van der Waals surface area contributed by atoms with Gasteiger partial charge in [-0.2, -0.15) is 0 Å². The summed E-state index contributed by atoms with van der Waals surface area (Å²) in [4.78, 5) is 13.8. The second-order valence-corrected chi connectivity index (χ2v) is 4.77. The first-order chi connectivity index (χ1) is 7.04. The summed E-state index contributed by atoms with van der Waals surface area (Å²) < 4.78 is 0.